The molecule has 0 amide bonds. The highest BCUT2D eigenvalue weighted by molar-refractivity contribution is 4.93. The first-order chi connectivity index (χ1) is 10.6. The van der Waals surface area contributed by atoms with Crippen molar-refractivity contribution in [2.75, 3.05) is 0 Å². The average molecular weight is 309 g/mol. The van der Waals surface area contributed by atoms with Gasteiger partial charge in [-0.05, 0) is 80.0 Å². The molecule has 0 N–H and O–H groups in total. The first-order valence-electron chi connectivity index (χ1n) is 10.2. The summed E-state index contributed by atoms with van der Waals surface area (Å²) in [6.07, 6.45) is 12.8. The molecule has 22 heavy (non-hydrogen) atoms. The zero-order chi connectivity index (χ0) is 15.7. The van der Waals surface area contributed by atoms with Gasteiger partial charge >= 0.3 is 0 Å². The minimum atomic E-state index is -0.517. The topological polar surface area (TPSA) is 0 Å². The molecule has 0 aromatic rings. The van der Waals surface area contributed by atoms with Gasteiger partial charge in [0.1, 0.15) is 6.17 Å². The first-order valence-corrected chi connectivity index (χ1v) is 10.2. The summed E-state index contributed by atoms with van der Waals surface area (Å²) >= 11 is 0. The molecule has 0 aromatic heterocycles. The van der Waals surface area contributed by atoms with Gasteiger partial charge in [-0.2, -0.15) is 0 Å². The molecule has 3 rings (SSSR count). The summed E-state index contributed by atoms with van der Waals surface area (Å²) in [7, 11) is 0. The summed E-state index contributed by atoms with van der Waals surface area (Å²) in [5, 5.41) is 0. The number of halogens is 1. The van der Waals surface area contributed by atoms with Gasteiger partial charge in [0, 0.05) is 0 Å². The van der Waals surface area contributed by atoms with E-state index >= 15 is 4.39 Å². The molecule has 3 aliphatic carbocycles. The third-order valence-electron chi connectivity index (χ3n) is 7.75. The van der Waals surface area contributed by atoms with E-state index in [-0.39, 0.29) is 0 Å². The van der Waals surface area contributed by atoms with Crippen LogP contribution in [0.4, 0.5) is 4.39 Å². The molecule has 0 radical (unpaired) electrons. The number of rotatable bonds is 2. The molecule has 4 unspecified atom stereocenters. The molecule has 1 heteroatoms. The Morgan fingerprint density at radius 3 is 1.45 bits per heavy atom. The molecule has 0 heterocycles. The van der Waals surface area contributed by atoms with Gasteiger partial charge in [-0.1, -0.05) is 46.5 Å². The molecular weight excluding hydrogens is 271 g/mol. The fourth-order valence-electron chi connectivity index (χ4n) is 6.02. The van der Waals surface area contributed by atoms with Crippen molar-refractivity contribution < 1.29 is 4.39 Å². The normalized spacial score (nSPS) is 50.7. The fourth-order valence-corrected chi connectivity index (χ4v) is 6.02. The molecule has 0 spiro atoms. The molecule has 0 aliphatic heterocycles. The second-order valence-electron chi connectivity index (χ2n) is 9.25. The zero-order valence-corrected chi connectivity index (χ0v) is 15.1. The van der Waals surface area contributed by atoms with Gasteiger partial charge in [0.2, 0.25) is 0 Å². The molecule has 3 saturated carbocycles. The van der Waals surface area contributed by atoms with Crippen molar-refractivity contribution in [2.45, 2.75) is 91.2 Å². The van der Waals surface area contributed by atoms with Gasteiger partial charge in [-0.15, -0.1) is 0 Å². The molecule has 128 valence electrons. The highest BCUT2D eigenvalue weighted by atomic mass is 19.1. The summed E-state index contributed by atoms with van der Waals surface area (Å²) in [5.41, 5.74) is 0. The predicted molar refractivity (Wildman–Crippen MR) is 92.5 cm³/mol. The molecule has 3 fully saturated rings. The first kappa shape index (κ1) is 16.8. The van der Waals surface area contributed by atoms with E-state index in [9.17, 15) is 0 Å². The Morgan fingerprint density at radius 2 is 0.955 bits per heavy atom. The predicted octanol–water partition coefficient (Wildman–Crippen LogP) is 6.64. The molecule has 0 aromatic carbocycles. The minimum absolute atomic E-state index is 0.316. The summed E-state index contributed by atoms with van der Waals surface area (Å²) in [6.45, 7) is 7.00. The van der Waals surface area contributed by atoms with E-state index in [4.69, 9.17) is 0 Å². The smallest absolute Gasteiger partial charge is 0.106 e. The van der Waals surface area contributed by atoms with E-state index in [1.165, 1.54) is 64.2 Å². The fraction of sp³-hybridized carbons (Fsp3) is 1.00. The maximum atomic E-state index is 15.2. The third kappa shape index (κ3) is 3.54. The van der Waals surface area contributed by atoms with E-state index in [2.05, 4.69) is 20.8 Å². The molecule has 0 saturated heterocycles. The van der Waals surface area contributed by atoms with Crippen LogP contribution >= 0.6 is 0 Å². The van der Waals surface area contributed by atoms with Gasteiger partial charge in [0.15, 0.2) is 0 Å². The minimum Gasteiger partial charge on any atom is -0.247 e. The molecule has 0 bridgehead atoms. The van der Waals surface area contributed by atoms with E-state index < -0.39 is 6.17 Å². The van der Waals surface area contributed by atoms with Crippen LogP contribution in [0, 0.1) is 41.4 Å². The van der Waals surface area contributed by atoms with Gasteiger partial charge < -0.3 is 0 Å². The van der Waals surface area contributed by atoms with Crippen LogP contribution in [-0.4, -0.2) is 6.17 Å². The standard InChI is InChI=1S/C21H37F/c1-14-4-8-17(9-5-14)19-12-13-20(21(22)16(19)3)18-10-6-15(2)7-11-18/h14-21H,4-13H2,1-3H3. The Balaban J connectivity index is 1.57. The van der Waals surface area contributed by atoms with E-state index in [0.717, 1.165) is 17.8 Å². The number of hydrogen-bond acceptors (Lipinski definition) is 0. The van der Waals surface area contributed by atoms with Crippen LogP contribution in [0.15, 0.2) is 0 Å². The van der Waals surface area contributed by atoms with Crippen LogP contribution in [0.25, 0.3) is 0 Å². The molecule has 0 nitrogen and oxygen atoms in total. The van der Waals surface area contributed by atoms with Crippen molar-refractivity contribution in [1.29, 1.82) is 0 Å². The maximum Gasteiger partial charge on any atom is 0.106 e. The second kappa shape index (κ2) is 7.22. The maximum absolute atomic E-state index is 15.2. The highest BCUT2D eigenvalue weighted by Gasteiger charge is 2.43. The lowest BCUT2D eigenvalue weighted by molar-refractivity contribution is -0.0112. The molecular formula is C21H37F. The Morgan fingerprint density at radius 1 is 0.545 bits per heavy atom. The highest BCUT2D eigenvalue weighted by Crippen LogP contribution is 2.49. The monoisotopic (exact) mass is 308 g/mol. The SMILES string of the molecule is CC1CCC(C2CCC(C3CCC(C)CC3)C(F)C2C)CC1. The number of hydrogen-bond donors (Lipinski definition) is 0. The summed E-state index contributed by atoms with van der Waals surface area (Å²) in [5.74, 6) is 4.71. The summed E-state index contributed by atoms with van der Waals surface area (Å²) < 4.78 is 15.2. The third-order valence-corrected chi connectivity index (χ3v) is 7.75. The molecule has 3 aliphatic rings. The van der Waals surface area contributed by atoms with E-state index in [1.54, 1.807) is 0 Å². The van der Waals surface area contributed by atoms with Crippen LogP contribution in [0.5, 0.6) is 0 Å². The van der Waals surface area contributed by atoms with Crippen molar-refractivity contribution in [2.24, 2.45) is 41.4 Å². The lowest BCUT2D eigenvalue weighted by atomic mass is 9.61. The summed E-state index contributed by atoms with van der Waals surface area (Å²) in [6, 6.07) is 0. The van der Waals surface area contributed by atoms with Crippen molar-refractivity contribution in [3.63, 3.8) is 0 Å². The lowest BCUT2D eigenvalue weighted by Gasteiger charge is -2.46. The van der Waals surface area contributed by atoms with E-state index in [1.807, 2.05) is 0 Å². The van der Waals surface area contributed by atoms with Crippen molar-refractivity contribution in [3.8, 4) is 0 Å². The Labute approximate surface area is 137 Å². The Hall–Kier alpha value is -0.0700. The average Bonchev–Trinajstić information content (AvgIpc) is 2.52. The van der Waals surface area contributed by atoms with Crippen LogP contribution in [-0.2, 0) is 0 Å². The largest absolute Gasteiger partial charge is 0.247 e. The second-order valence-corrected chi connectivity index (χ2v) is 9.25. The lowest BCUT2D eigenvalue weighted by Crippen LogP contribution is -2.42. The zero-order valence-electron chi connectivity index (χ0n) is 15.1. The summed E-state index contributed by atoms with van der Waals surface area (Å²) in [4.78, 5) is 0. The quantitative estimate of drug-likeness (QED) is 0.536. The van der Waals surface area contributed by atoms with Gasteiger partial charge in [-0.3, -0.25) is 0 Å². The van der Waals surface area contributed by atoms with Crippen molar-refractivity contribution in [1.82, 2.24) is 0 Å². The van der Waals surface area contributed by atoms with Crippen LogP contribution < -0.4 is 0 Å². The van der Waals surface area contributed by atoms with Crippen molar-refractivity contribution >= 4 is 0 Å². The Bertz CT molecular complexity index is 302. The van der Waals surface area contributed by atoms with E-state index in [0.29, 0.717) is 23.7 Å². The van der Waals surface area contributed by atoms with Gasteiger partial charge in [-0.25, -0.2) is 4.39 Å². The number of alkyl halides is 1. The van der Waals surface area contributed by atoms with Crippen LogP contribution in [0.3, 0.4) is 0 Å². The molecule has 4 atom stereocenters. The van der Waals surface area contributed by atoms with Crippen LogP contribution in [0.1, 0.15) is 85.0 Å². The Kier molecular flexibility index (Phi) is 5.51. The van der Waals surface area contributed by atoms with Crippen molar-refractivity contribution in [3.05, 3.63) is 0 Å². The van der Waals surface area contributed by atoms with Gasteiger partial charge in [0.25, 0.3) is 0 Å². The van der Waals surface area contributed by atoms with Crippen LogP contribution in [0.2, 0.25) is 0 Å². The van der Waals surface area contributed by atoms with Gasteiger partial charge in [0.05, 0.1) is 0 Å².